The Morgan fingerprint density at radius 1 is 0.488 bits per heavy atom. The molecule has 5 aromatic carbocycles. The summed E-state index contributed by atoms with van der Waals surface area (Å²) in [5.41, 5.74) is 17.0. The maximum absolute atomic E-state index is 2.61. The largest absolute Gasteiger partial charge is 0.309 e. The molecule has 1 nitrogen and oxygen atoms in total. The van der Waals surface area contributed by atoms with Gasteiger partial charge in [-0.1, -0.05) is 126 Å². The highest BCUT2D eigenvalue weighted by Gasteiger charge is 2.47. The molecule has 0 radical (unpaired) electrons. The van der Waals surface area contributed by atoms with Crippen LogP contribution in [0.3, 0.4) is 0 Å². The van der Waals surface area contributed by atoms with Crippen LogP contribution in [0.15, 0.2) is 97.1 Å². The number of aromatic nitrogens is 1. The van der Waals surface area contributed by atoms with Crippen molar-refractivity contribution in [3.05, 3.63) is 147 Å². The number of hydrogen-bond donors (Lipinski definition) is 0. The Kier molecular flexibility index (Phi) is 4.15. The number of hydrogen-bond acceptors (Lipinski definition) is 0. The van der Waals surface area contributed by atoms with Gasteiger partial charge in [0, 0.05) is 32.9 Å². The van der Waals surface area contributed by atoms with Gasteiger partial charge in [0.05, 0.1) is 16.7 Å². The van der Waals surface area contributed by atoms with E-state index in [-0.39, 0.29) is 22.2 Å². The van der Waals surface area contributed by atoms with Gasteiger partial charge in [0.2, 0.25) is 0 Å². The highest BCUT2D eigenvalue weighted by Crippen LogP contribution is 2.59. The Hall–Kier alpha value is -4.10. The molecular weight excluding hydrogens is 494 g/mol. The number of fused-ring (bicyclic) bond motifs is 9. The first-order valence-electron chi connectivity index (χ1n) is 15.1. The van der Waals surface area contributed by atoms with E-state index in [0.29, 0.717) is 0 Å². The van der Waals surface area contributed by atoms with Gasteiger partial charge in [0.15, 0.2) is 0 Å². The topological polar surface area (TPSA) is 4.93 Å². The van der Waals surface area contributed by atoms with Crippen LogP contribution in [0.2, 0.25) is 0 Å². The average Bonchev–Trinajstić information content (AvgIpc) is 3.30. The third kappa shape index (κ3) is 2.60. The van der Waals surface area contributed by atoms with Crippen molar-refractivity contribution in [3.8, 4) is 5.69 Å². The van der Waals surface area contributed by atoms with Crippen LogP contribution in [0.25, 0.3) is 27.5 Å². The Morgan fingerprint density at radius 3 is 1.88 bits per heavy atom. The van der Waals surface area contributed by atoms with Crippen molar-refractivity contribution < 1.29 is 0 Å². The summed E-state index contributed by atoms with van der Waals surface area (Å²) in [6.07, 6.45) is 0. The van der Waals surface area contributed by atoms with Gasteiger partial charge in [-0.05, 0) is 62.2 Å². The van der Waals surface area contributed by atoms with E-state index in [0.717, 1.165) is 0 Å². The molecule has 1 aliphatic heterocycles. The summed E-state index contributed by atoms with van der Waals surface area (Å²) in [6, 6.07) is 37.4. The molecule has 200 valence electrons. The number of rotatable bonds is 0. The van der Waals surface area contributed by atoms with Crippen LogP contribution in [0.1, 0.15) is 97.5 Å². The van der Waals surface area contributed by atoms with Gasteiger partial charge in [-0.3, -0.25) is 0 Å². The predicted octanol–water partition coefficient (Wildman–Crippen LogP) is 9.88. The minimum atomic E-state index is -0.119. The molecule has 9 rings (SSSR count). The average molecular weight is 530 g/mol. The molecule has 2 heterocycles. The zero-order valence-electron chi connectivity index (χ0n) is 24.8. The molecule has 1 unspecified atom stereocenters. The van der Waals surface area contributed by atoms with E-state index in [9.17, 15) is 0 Å². The lowest BCUT2D eigenvalue weighted by Gasteiger charge is -2.48. The van der Waals surface area contributed by atoms with Crippen LogP contribution in [0.5, 0.6) is 0 Å². The molecule has 0 fully saturated rings. The van der Waals surface area contributed by atoms with Gasteiger partial charge in [-0.2, -0.15) is 0 Å². The molecule has 6 aromatic rings. The molecular formula is C40H35N. The van der Waals surface area contributed by atoms with Crippen LogP contribution in [-0.2, 0) is 16.2 Å². The smallest absolute Gasteiger partial charge is 0.0582 e. The molecule has 0 amide bonds. The summed E-state index contributed by atoms with van der Waals surface area (Å²) >= 11 is 0. The van der Waals surface area contributed by atoms with E-state index in [2.05, 4.69) is 143 Å². The van der Waals surface area contributed by atoms with Gasteiger partial charge in [0.1, 0.15) is 0 Å². The summed E-state index contributed by atoms with van der Waals surface area (Å²) in [5.74, 6) is 0.244. The van der Waals surface area contributed by atoms with E-state index < -0.39 is 0 Å². The van der Waals surface area contributed by atoms with Crippen LogP contribution < -0.4 is 0 Å². The van der Waals surface area contributed by atoms with Crippen molar-refractivity contribution >= 4 is 21.8 Å². The first-order chi connectivity index (χ1) is 19.6. The predicted molar refractivity (Wildman–Crippen MR) is 171 cm³/mol. The number of benzene rings is 5. The second-order valence-corrected chi connectivity index (χ2v) is 14.2. The first-order valence-corrected chi connectivity index (χ1v) is 15.1. The Morgan fingerprint density at radius 2 is 1.07 bits per heavy atom. The van der Waals surface area contributed by atoms with E-state index in [1.807, 2.05) is 0 Å². The van der Waals surface area contributed by atoms with Crippen molar-refractivity contribution in [1.82, 2.24) is 4.57 Å². The molecule has 0 saturated carbocycles. The third-order valence-electron chi connectivity index (χ3n) is 11.1. The molecule has 0 bridgehead atoms. The molecule has 1 atom stereocenters. The summed E-state index contributed by atoms with van der Waals surface area (Å²) in [6.45, 7) is 14.6. The van der Waals surface area contributed by atoms with Gasteiger partial charge in [-0.15, -0.1) is 0 Å². The zero-order chi connectivity index (χ0) is 28.1. The molecule has 2 aliphatic carbocycles. The zero-order valence-corrected chi connectivity index (χ0v) is 24.8. The van der Waals surface area contributed by atoms with E-state index in [1.54, 1.807) is 0 Å². The quantitative estimate of drug-likeness (QED) is 0.184. The lowest BCUT2D eigenvalue weighted by Crippen LogP contribution is -2.38. The molecule has 0 saturated heterocycles. The van der Waals surface area contributed by atoms with Crippen molar-refractivity contribution in [1.29, 1.82) is 0 Å². The first kappa shape index (κ1) is 23.6. The Labute approximate surface area is 242 Å². The minimum Gasteiger partial charge on any atom is -0.309 e. The summed E-state index contributed by atoms with van der Waals surface area (Å²) in [5, 5.41) is 2.69. The van der Waals surface area contributed by atoms with Crippen LogP contribution in [-0.4, -0.2) is 4.57 Å². The summed E-state index contributed by atoms with van der Waals surface area (Å²) in [7, 11) is 0. The lowest BCUT2D eigenvalue weighted by molar-refractivity contribution is 0.544. The molecule has 0 N–H and O–H groups in total. The Bertz CT molecular complexity index is 2130. The van der Waals surface area contributed by atoms with Crippen molar-refractivity contribution in [2.45, 2.75) is 63.7 Å². The van der Waals surface area contributed by atoms with Gasteiger partial charge in [0.25, 0.3) is 0 Å². The normalized spacial score (nSPS) is 19.8. The van der Waals surface area contributed by atoms with Crippen LogP contribution in [0, 0.1) is 0 Å². The van der Waals surface area contributed by atoms with Gasteiger partial charge >= 0.3 is 0 Å². The molecule has 0 spiro atoms. The highest BCUT2D eigenvalue weighted by molar-refractivity contribution is 6.11. The summed E-state index contributed by atoms with van der Waals surface area (Å²) < 4.78 is 2.57. The van der Waals surface area contributed by atoms with Gasteiger partial charge in [-0.25, -0.2) is 0 Å². The molecule has 1 aromatic heterocycles. The number of nitrogens with zero attached hydrogens (tertiary/aromatic N) is 1. The molecule has 41 heavy (non-hydrogen) atoms. The fourth-order valence-corrected chi connectivity index (χ4v) is 9.04. The van der Waals surface area contributed by atoms with Crippen molar-refractivity contribution in [3.63, 3.8) is 0 Å². The summed E-state index contributed by atoms with van der Waals surface area (Å²) in [4.78, 5) is 0. The SMILES string of the molecule is CC1(C)c2ccccc2C2c3cc4c(cc3C(C)(C)c3cccc1c32)-n1c2ccccc2c2cccc(c21)C4(C)C. The van der Waals surface area contributed by atoms with E-state index in [1.165, 1.54) is 77.6 Å². The second-order valence-electron chi connectivity index (χ2n) is 14.2. The maximum Gasteiger partial charge on any atom is 0.0582 e. The van der Waals surface area contributed by atoms with E-state index in [4.69, 9.17) is 0 Å². The van der Waals surface area contributed by atoms with Crippen LogP contribution in [0.4, 0.5) is 0 Å². The fraction of sp³-hybridized carbons (Fsp3) is 0.250. The lowest BCUT2D eigenvalue weighted by atomic mass is 9.55. The number of para-hydroxylation sites is 2. The monoisotopic (exact) mass is 529 g/mol. The third-order valence-corrected chi connectivity index (χ3v) is 11.1. The molecule has 3 aliphatic rings. The molecule has 1 heteroatoms. The van der Waals surface area contributed by atoms with Crippen molar-refractivity contribution in [2.75, 3.05) is 0 Å². The highest BCUT2D eigenvalue weighted by atomic mass is 15.0. The second kappa shape index (κ2) is 7.21. The van der Waals surface area contributed by atoms with Gasteiger partial charge < -0.3 is 4.57 Å². The minimum absolute atomic E-state index is 0.0336. The fourth-order valence-electron chi connectivity index (χ4n) is 9.04. The van der Waals surface area contributed by atoms with Crippen LogP contribution >= 0.6 is 0 Å². The van der Waals surface area contributed by atoms with E-state index >= 15 is 0 Å². The van der Waals surface area contributed by atoms with Crippen molar-refractivity contribution in [2.24, 2.45) is 0 Å². The standard InChI is InChI=1S/C40H35N/c1-38(2)27-16-9-7-14-25(27)35-26-21-32-34(22-31(26)39(3,4)29-18-12-17-28(38)36(29)35)41-33-20-10-8-13-23(33)24-15-11-19-30(37(24)41)40(32,5)6/h7-22,35H,1-6H3. The Balaban J connectivity index is 1.45. The maximum atomic E-state index is 2.61.